The molecule has 0 heterocycles. The fourth-order valence-electron chi connectivity index (χ4n) is 2.75. The Hall–Kier alpha value is -0.930. The van der Waals surface area contributed by atoms with Gasteiger partial charge in [0.2, 0.25) is 0 Å². The van der Waals surface area contributed by atoms with Crippen molar-refractivity contribution in [3.8, 4) is 0 Å². The largest absolute Gasteiger partial charge is 0.329 e. The van der Waals surface area contributed by atoms with Gasteiger partial charge in [-0.3, -0.25) is 4.90 Å². The van der Waals surface area contributed by atoms with Crippen LogP contribution in [0, 0.1) is 5.82 Å². The molecule has 0 saturated carbocycles. The van der Waals surface area contributed by atoms with Crippen LogP contribution in [0.1, 0.15) is 52.0 Å². The van der Waals surface area contributed by atoms with Crippen molar-refractivity contribution in [2.24, 2.45) is 5.73 Å². The summed E-state index contributed by atoms with van der Waals surface area (Å²) in [5.41, 5.74) is 7.03. The van der Waals surface area contributed by atoms with Gasteiger partial charge in [0, 0.05) is 12.1 Å². The summed E-state index contributed by atoms with van der Waals surface area (Å²) in [7, 11) is 0. The Balaban J connectivity index is 2.85. The van der Waals surface area contributed by atoms with Gasteiger partial charge in [-0.15, -0.1) is 0 Å². The molecule has 2 nitrogen and oxygen atoms in total. The van der Waals surface area contributed by atoms with Gasteiger partial charge in [-0.1, -0.05) is 38.8 Å². The molecule has 0 fully saturated rings. The van der Waals surface area contributed by atoms with Gasteiger partial charge in [0.15, 0.2) is 0 Å². The summed E-state index contributed by atoms with van der Waals surface area (Å²) < 4.78 is 13.4. The molecule has 3 heteroatoms. The molecular formula is C18H31FN2. The predicted molar refractivity (Wildman–Crippen MR) is 89.0 cm³/mol. The number of nitrogens with zero attached hydrogens (tertiary/aromatic N) is 1. The maximum absolute atomic E-state index is 13.4. The minimum Gasteiger partial charge on any atom is -0.329 e. The van der Waals surface area contributed by atoms with E-state index in [9.17, 15) is 4.39 Å². The topological polar surface area (TPSA) is 29.3 Å². The highest BCUT2D eigenvalue weighted by molar-refractivity contribution is 5.19. The molecule has 0 amide bonds. The third kappa shape index (κ3) is 5.76. The van der Waals surface area contributed by atoms with Crippen LogP contribution in [0.25, 0.3) is 0 Å². The molecule has 120 valence electrons. The van der Waals surface area contributed by atoms with E-state index < -0.39 is 0 Å². The molecule has 0 bridgehead atoms. The number of hydrogen-bond donors (Lipinski definition) is 1. The van der Waals surface area contributed by atoms with Crippen molar-refractivity contribution in [1.29, 1.82) is 0 Å². The second-order valence-electron chi connectivity index (χ2n) is 6.20. The zero-order valence-corrected chi connectivity index (χ0v) is 13.9. The van der Waals surface area contributed by atoms with Gasteiger partial charge < -0.3 is 5.73 Å². The average molecular weight is 294 g/mol. The molecule has 21 heavy (non-hydrogen) atoms. The number of unbranched alkanes of at least 4 members (excludes halogenated alkanes) is 2. The van der Waals surface area contributed by atoms with Gasteiger partial charge in [-0.2, -0.15) is 0 Å². The number of hydrogen-bond acceptors (Lipinski definition) is 2. The molecule has 1 unspecified atom stereocenters. The minimum absolute atomic E-state index is 0.0991. The Labute approximate surface area is 129 Å². The van der Waals surface area contributed by atoms with Crippen molar-refractivity contribution in [2.75, 3.05) is 19.6 Å². The molecule has 1 aromatic rings. The maximum atomic E-state index is 13.4. The molecule has 1 atom stereocenters. The third-order valence-electron chi connectivity index (χ3n) is 4.24. The highest BCUT2D eigenvalue weighted by atomic mass is 19.1. The monoisotopic (exact) mass is 294 g/mol. The van der Waals surface area contributed by atoms with Crippen LogP contribution in [-0.2, 0) is 6.42 Å². The first-order chi connectivity index (χ1) is 10.1. The van der Waals surface area contributed by atoms with Crippen LogP contribution in [0.5, 0.6) is 0 Å². The standard InChI is InChI=1S/C18H31FN2/c1-4-6-11-21(12-7-5-2)18(3,15-20)14-16-9-8-10-17(19)13-16/h8-10,13H,4-7,11-12,14-15,20H2,1-3H3. The molecule has 2 N–H and O–H groups in total. The van der Waals surface area contributed by atoms with Gasteiger partial charge in [-0.05, 0) is 57.0 Å². The fraction of sp³-hybridized carbons (Fsp3) is 0.667. The van der Waals surface area contributed by atoms with E-state index in [1.807, 2.05) is 6.07 Å². The van der Waals surface area contributed by atoms with Crippen LogP contribution in [0.4, 0.5) is 4.39 Å². The Morgan fingerprint density at radius 1 is 1.14 bits per heavy atom. The predicted octanol–water partition coefficient (Wildman–Crippen LogP) is 3.99. The Bertz CT molecular complexity index is 400. The highest BCUT2D eigenvalue weighted by Gasteiger charge is 2.30. The molecule has 0 aliphatic heterocycles. The molecule has 0 saturated heterocycles. The number of rotatable bonds is 10. The second kappa shape index (κ2) is 9.16. The molecule has 1 rings (SSSR count). The normalized spacial score (nSPS) is 14.4. The van der Waals surface area contributed by atoms with Crippen molar-refractivity contribution in [3.63, 3.8) is 0 Å². The van der Waals surface area contributed by atoms with E-state index in [4.69, 9.17) is 5.73 Å². The summed E-state index contributed by atoms with van der Waals surface area (Å²) in [4.78, 5) is 2.50. The lowest BCUT2D eigenvalue weighted by molar-refractivity contribution is 0.106. The van der Waals surface area contributed by atoms with Crippen LogP contribution in [0.2, 0.25) is 0 Å². The summed E-state index contributed by atoms with van der Waals surface area (Å²) in [6.45, 7) is 9.37. The third-order valence-corrected chi connectivity index (χ3v) is 4.24. The van der Waals surface area contributed by atoms with E-state index in [0.29, 0.717) is 6.54 Å². The van der Waals surface area contributed by atoms with Gasteiger partial charge in [0.25, 0.3) is 0 Å². The van der Waals surface area contributed by atoms with Crippen molar-refractivity contribution in [1.82, 2.24) is 4.90 Å². The number of halogens is 1. The highest BCUT2D eigenvalue weighted by Crippen LogP contribution is 2.22. The van der Waals surface area contributed by atoms with Crippen molar-refractivity contribution in [3.05, 3.63) is 35.6 Å². The van der Waals surface area contributed by atoms with Crippen LogP contribution < -0.4 is 5.73 Å². The lowest BCUT2D eigenvalue weighted by Crippen LogP contribution is -2.54. The molecule has 0 radical (unpaired) electrons. The summed E-state index contributed by atoms with van der Waals surface area (Å²) in [6, 6.07) is 6.90. The van der Waals surface area contributed by atoms with Crippen molar-refractivity contribution < 1.29 is 4.39 Å². The van der Waals surface area contributed by atoms with Gasteiger partial charge in [0.1, 0.15) is 5.82 Å². The van der Waals surface area contributed by atoms with Crippen LogP contribution in [-0.4, -0.2) is 30.1 Å². The lowest BCUT2D eigenvalue weighted by Gasteiger charge is -2.41. The molecule has 1 aromatic carbocycles. The van der Waals surface area contributed by atoms with Crippen LogP contribution >= 0.6 is 0 Å². The molecular weight excluding hydrogens is 263 g/mol. The maximum Gasteiger partial charge on any atom is 0.123 e. The van der Waals surface area contributed by atoms with Crippen LogP contribution in [0.3, 0.4) is 0 Å². The van der Waals surface area contributed by atoms with Gasteiger partial charge >= 0.3 is 0 Å². The zero-order valence-electron chi connectivity index (χ0n) is 13.9. The first-order valence-electron chi connectivity index (χ1n) is 8.25. The van der Waals surface area contributed by atoms with E-state index in [-0.39, 0.29) is 11.4 Å². The first-order valence-corrected chi connectivity index (χ1v) is 8.25. The van der Waals surface area contributed by atoms with Gasteiger partial charge in [-0.25, -0.2) is 4.39 Å². The summed E-state index contributed by atoms with van der Waals surface area (Å²) in [5.74, 6) is -0.166. The van der Waals surface area contributed by atoms with E-state index >= 15 is 0 Å². The smallest absolute Gasteiger partial charge is 0.123 e. The molecule has 0 spiro atoms. The minimum atomic E-state index is -0.166. The second-order valence-corrected chi connectivity index (χ2v) is 6.20. The fourth-order valence-corrected chi connectivity index (χ4v) is 2.75. The molecule has 0 aromatic heterocycles. The van der Waals surface area contributed by atoms with Crippen molar-refractivity contribution >= 4 is 0 Å². The van der Waals surface area contributed by atoms with E-state index in [0.717, 1.165) is 25.1 Å². The summed E-state index contributed by atoms with van der Waals surface area (Å²) >= 11 is 0. The Kier molecular flexibility index (Phi) is 7.91. The SMILES string of the molecule is CCCCN(CCCC)C(C)(CN)Cc1cccc(F)c1. The first kappa shape index (κ1) is 18.1. The Morgan fingerprint density at radius 2 is 1.76 bits per heavy atom. The van der Waals surface area contributed by atoms with Crippen molar-refractivity contribution in [2.45, 2.75) is 58.4 Å². The van der Waals surface area contributed by atoms with E-state index in [1.54, 1.807) is 12.1 Å². The van der Waals surface area contributed by atoms with Gasteiger partial charge in [0.05, 0.1) is 0 Å². The quantitative estimate of drug-likeness (QED) is 0.707. The van der Waals surface area contributed by atoms with E-state index in [1.165, 1.54) is 31.7 Å². The zero-order chi connectivity index (χ0) is 15.7. The summed E-state index contributed by atoms with van der Waals surface area (Å²) in [5, 5.41) is 0. The lowest BCUT2D eigenvalue weighted by atomic mass is 9.90. The summed E-state index contributed by atoms with van der Waals surface area (Å²) in [6.07, 6.45) is 5.53. The van der Waals surface area contributed by atoms with Crippen LogP contribution in [0.15, 0.2) is 24.3 Å². The molecule has 0 aliphatic carbocycles. The molecule has 0 aliphatic rings. The number of benzene rings is 1. The number of nitrogens with two attached hydrogens (primary N) is 1. The average Bonchev–Trinajstić information content (AvgIpc) is 2.47. The Morgan fingerprint density at radius 3 is 2.24 bits per heavy atom. The van der Waals surface area contributed by atoms with E-state index in [2.05, 4.69) is 25.7 Å².